The summed E-state index contributed by atoms with van der Waals surface area (Å²) < 4.78 is 16.6. The third-order valence-electron chi connectivity index (χ3n) is 4.29. The Labute approximate surface area is 147 Å². The highest BCUT2D eigenvalue weighted by atomic mass is 16.5. The first-order valence-electron chi connectivity index (χ1n) is 8.53. The minimum absolute atomic E-state index is 0.134. The van der Waals surface area contributed by atoms with Crippen LogP contribution in [0.4, 0.5) is 0 Å². The van der Waals surface area contributed by atoms with E-state index in [9.17, 15) is 5.11 Å². The van der Waals surface area contributed by atoms with Gasteiger partial charge >= 0.3 is 0 Å². The molecule has 1 saturated heterocycles. The molecule has 0 spiro atoms. The van der Waals surface area contributed by atoms with E-state index >= 15 is 0 Å². The number of aryl methyl sites for hydroxylation is 3. The molecule has 2 atom stereocenters. The molecule has 7 heteroatoms. The van der Waals surface area contributed by atoms with Crippen LogP contribution in [0.25, 0.3) is 0 Å². The first kappa shape index (κ1) is 17.8. The van der Waals surface area contributed by atoms with Crippen LogP contribution in [0.15, 0.2) is 22.7 Å². The van der Waals surface area contributed by atoms with E-state index in [2.05, 4.69) is 15.0 Å². The Morgan fingerprint density at radius 3 is 2.96 bits per heavy atom. The number of nitrogens with zero attached hydrogens (tertiary/aromatic N) is 3. The summed E-state index contributed by atoms with van der Waals surface area (Å²) in [6.07, 6.45) is -0.621. The lowest BCUT2D eigenvalue weighted by molar-refractivity contribution is -0.0428. The predicted octanol–water partition coefficient (Wildman–Crippen LogP) is 1.81. The van der Waals surface area contributed by atoms with Gasteiger partial charge in [0.05, 0.1) is 13.2 Å². The van der Waals surface area contributed by atoms with E-state index in [1.165, 1.54) is 0 Å². The van der Waals surface area contributed by atoms with Gasteiger partial charge in [0.1, 0.15) is 24.5 Å². The molecule has 1 aromatic heterocycles. The fourth-order valence-corrected chi connectivity index (χ4v) is 2.90. The highest BCUT2D eigenvalue weighted by Crippen LogP contribution is 2.23. The number of morpholine rings is 1. The minimum atomic E-state index is -0.621. The van der Waals surface area contributed by atoms with E-state index in [0.29, 0.717) is 38.0 Å². The quantitative estimate of drug-likeness (QED) is 0.853. The second-order valence-electron chi connectivity index (χ2n) is 6.50. The summed E-state index contributed by atoms with van der Waals surface area (Å²) in [5, 5.41) is 14.3. The molecule has 1 aliphatic heterocycles. The highest BCUT2D eigenvalue weighted by Gasteiger charge is 2.30. The van der Waals surface area contributed by atoms with Crippen LogP contribution in [0.5, 0.6) is 5.75 Å². The van der Waals surface area contributed by atoms with Crippen molar-refractivity contribution < 1.29 is 19.1 Å². The Hall–Kier alpha value is -1.96. The number of aliphatic hydroxyl groups excluding tert-OH is 1. The molecule has 0 saturated carbocycles. The molecule has 2 aromatic rings. The van der Waals surface area contributed by atoms with Crippen molar-refractivity contribution in [2.24, 2.45) is 0 Å². The number of ether oxygens (including phenoxy) is 2. The van der Waals surface area contributed by atoms with Gasteiger partial charge in [-0.15, -0.1) is 0 Å². The number of hydrogen-bond donors (Lipinski definition) is 1. The molecule has 0 aliphatic carbocycles. The molecule has 2 heterocycles. The van der Waals surface area contributed by atoms with Crippen LogP contribution < -0.4 is 4.74 Å². The third-order valence-corrected chi connectivity index (χ3v) is 4.29. The second kappa shape index (κ2) is 7.95. The summed E-state index contributed by atoms with van der Waals surface area (Å²) >= 11 is 0. The molecular weight excluding hydrogens is 322 g/mol. The van der Waals surface area contributed by atoms with Crippen molar-refractivity contribution in [1.82, 2.24) is 15.0 Å². The highest BCUT2D eigenvalue weighted by molar-refractivity contribution is 5.35. The number of aromatic nitrogens is 2. The lowest BCUT2D eigenvalue weighted by Crippen LogP contribution is -2.44. The molecule has 0 radical (unpaired) electrons. The zero-order valence-electron chi connectivity index (χ0n) is 14.9. The Morgan fingerprint density at radius 2 is 2.20 bits per heavy atom. The van der Waals surface area contributed by atoms with E-state index in [1.54, 1.807) is 6.92 Å². The van der Waals surface area contributed by atoms with Crippen LogP contribution >= 0.6 is 0 Å². The lowest BCUT2D eigenvalue weighted by Gasteiger charge is -2.34. The summed E-state index contributed by atoms with van der Waals surface area (Å²) in [6.45, 7) is 8.29. The molecule has 1 fully saturated rings. The molecule has 1 aliphatic rings. The molecule has 3 rings (SSSR count). The lowest BCUT2D eigenvalue weighted by atomic mass is 10.1. The van der Waals surface area contributed by atoms with Gasteiger partial charge < -0.3 is 19.1 Å². The molecule has 1 aromatic carbocycles. The van der Waals surface area contributed by atoms with E-state index in [0.717, 1.165) is 16.9 Å². The van der Waals surface area contributed by atoms with Crippen molar-refractivity contribution in [1.29, 1.82) is 0 Å². The first-order chi connectivity index (χ1) is 12.0. The normalized spacial score (nSPS) is 19.8. The van der Waals surface area contributed by atoms with E-state index in [4.69, 9.17) is 14.0 Å². The largest absolute Gasteiger partial charge is 0.491 e. The van der Waals surface area contributed by atoms with Crippen LogP contribution in [0.2, 0.25) is 0 Å². The third kappa shape index (κ3) is 4.56. The van der Waals surface area contributed by atoms with Gasteiger partial charge in [0.2, 0.25) is 5.89 Å². The van der Waals surface area contributed by atoms with Gasteiger partial charge in [-0.1, -0.05) is 17.3 Å². The molecule has 0 bridgehead atoms. The molecule has 25 heavy (non-hydrogen) atoms. The van der Waals surface area contributed by atoms with Gasteiger partial charge in [0, 0.05) is 13.1 Å². The maximum absolute atomic E-state index is 10.4. The number of benzene rings is 1. The van der Waals surface area contributed by atoms with Gasteiger partial charge in [0.15, 0.2) is 5.82 Å². The Balaban J connectivity index is 1.58. The topological polar surface area (TPSA) is 80.9 Å². The molecular formula is C18H25N3O4. The average molecular weight is 347 g/mol. The van der Waals surface area contributed by atoms with Crippen molar-refractivity contribution in [3.8, 4) is 5.75 Å². The van der Waals surface area contributed by atoms with Gasteiger partial charge in [-0.3, -0.25) is 4.90 Å². The van der Waals surface area contributed by atoms with Crippen LogP contribution in [0.3, 0.4) is 0 Å². The standard InChI is InChI=1S/C18H25N3O4/c1-12-4-5-13(2)17(8-12)24-10-15(22)9-21-6-7-23-11-16(21)18-19-14(3)20-25-18/h4-5,8,15-16,22H,6-7,9-11H2,1-3H3/t15-,16+/m0/s1. The zero-order valence-corrected chi connectivity index (χ0v) is 14.9. The SMILES string of the molecule is Cc1ccc(C)c(OC[C@@H](O)CN2CCOC[C@@H]2c2nc(C)no2)c1. The minimum Gasteiger partial charge on any atom is -0.491 e. The summed E-state index contributed by atoms with van der Waals surface area (Å²) in [7, 11) is 0. The van der Waals surface area contributed by atoms with Crippen molar-refractivity contribution >= 4 is 0 Å². The van der Waals surface area contributed by atoms with E-state index in [1.807, 2.05) is 32.0 Å². The van der Waals surface area contributed by atoms with Crippen LogP contribution in [-0.4, -0.2) is 59.2 Å². The molecule has 0 unspecified atom stereocenters. The summed E-state index contributed by atoms with van der Waals surface area (Å²) in [5.41, 5.74) is 2.19. The summed E-state index contributed by atoms with van der Waals surface area (Å²) in [5.74, 6) is 1.93. The monoisotopic (exact) mass is 347 g/mol. The Kier molecular flexibility index (Phi) is 5.67. The fourth-order valence-electron chi connectivity index (χ4n) is 2.90. The van der Waals surface area contributed by atoms with Gasteiger partial charge in [0.25, 0.3) is 0 Å². The Bertz CT molecular complexity index is 703. The van der Waals surface area contributed by atoms with Gasteiger partial charge in [-0.25, -0.2) is 0 Å². The van der Waals surface area contributed by atoms with Crippen LogP contribution in [-0.2, 0) is 4.74 Å². The maximum atomic E-state index is 10.4. The number of aliphatic hydroxyl groups is 1. The molecule has 7 nitrogen and oxygen atoms in total. The average Bonchev–Trinajstić information content (AvgIpc) is 3.02. The van der Waals surface area contributed by atoms with E-state index < -0.39 is 6.10 Å². The van der Waals surface area contributed by atoms with Crippen LogP contribution in [0, 0.1) is 20.8 Å². The smallest absolute Gasteiger partial charge is 0.246 e. The van der Waals surface area contributed by atoms with E-state index in [-0.39, 0.29) is 12.6 Å². The summed E-state index contributed by atoms with van der Waals surface area (Å²) in [4.78, 5) is 6.40. The number of β-amino-alcohol motifs (C(OH)–C–C–N with tert-alkyl or cyclic N) is 1. The fraction of sp³-hybridized carbons (Fsp3) is 0.556. The Morgan fingerprint density at radius 1 is 1.36 bits per heavy atom. The summed E-state index contributed by atoms with van der Waals surface area (Å²) in [6, 6.07) is 5.92. The van der Waals surface area contributed by atoms with Crippen molar-refractivity contribution in [2.75, 3.05) is 32.9 Å². The zero-order chi connectivity index (χ0) is 17.8. The van der Waals surface area contributed by atoms with Crippen molar-refractivity contribution in [2.45, 2.75) is 32.9 Å². The van der Waals surface area contributed by atoms with Crippen molar-refractivity contribution in [3.63, 3.8) is 0 Å². The first-order valence-corrected chi connectivity index (χ1v) is 8.53. The number of rotatable bonds is 6. The second-order valence-corrected chi connectivity index (χ2v) is 6.50. The maximum Gasteiger partial charge on any atom is 0.246 e. The van der Waals surface area contributed by atoms with Gasteiger partial charge in [-0.05, 0) is 38.0 Å². The number of hydrogen-bond acceptors (Lipinski definition) is 7. The molecule has 0 amide bonds. The molecule has 136 valence electrons. The van der Waals surface area contributed by atoms with Crippen molar-refractivity contribution in [3.05, 3.63) is 41.0 Å². The molecule has 1 N–H and O–H groups in total. The predicted molar refractivity (Wildman–Crippen MR) is 91.6 cm³/mol. The van der Waals surface area contributed by atoms with Crippen LogP contribution in [0.1, 0.15) is 28.9 Å². The van der Waals surface area contributed by atoms with Gasteiger partial charge in [-0.2, -0.15) is 4.98 Å².